The maximum Gasteiger partial charge on any atom is 0.264 e. The molecule has 1 atom stereocenters. The Morgan fingerprint density at radius 2 is 2.00 bits per heavy atom. The van der Waals surface area contributed by atoms with Crippen LogP contribution in [-0.2, 0) is 4.79 Å². The molecule has 0 aliphatic carbocycles. The molecule has 168 valence electrons. The van der Waals surface area contributed by atoms with Crippen molar-refractivity contribution in [3.63, 3.8) is 0 Å². The topological polar surface area (TPSA) is 44.7 Å². The van der Waals surface area contributed by atoms with Gasteiger partial charge in [0.1, 0.15) is 5.82 Å². The van der Waals surface area contributed by atoms with Gasteiger partial charge in [-0.3, -0.25) is 4.79 Å². The van der Waals surface area contributed by atoms with Crippen molar-refractivity contribution in [2.75, 3.05) is 11.4 Å². The Hall–Kier alpha value is -2.60. The first-order chi connectivity index (χ1) is 15.2. The average Bonchev–Trinajstić information content (AvgIpc) is 3.06. The predicted octanol–water partition coefficient (Wildman–Crippen LogP) is 6.53. The molecule has 2 aromatic carbocycles. The van der Waals surface area contributed by atoms with Gasteiger partial charge in [-0.1, -0.05) is 31.5 Å². The van der Waals surface area contributed by atoms with Gasteiger partial charge in [0.05, 0.1) is 10.6 Å². The second-order valence-corrected chi connectivity index (χ2v) is 10.3. The Labute approximate surface area is 194 Å². The third-order valence-electron chi connectivity index (χ3n) is 6.15. The molecule has 2 aliphatic rings. The molecule has 4 rings (SSSR count). The van der Waals surface area contributed by atoms with Gasteiger partial charge >= 0.3 is 0 Å². The van der Waals surface area contributed by atoms with Crippen molar-refractivity contribution in [2.45, 2.75) is 58.9 Å². The molecule has 0 saturated carbocycles. The van der Waals surface area contributed by atoms with Gasteiger partial charge in [-0.05, 0) is 87.2 Å². The normalized spacial score (nSPS) is 22.4. The summed E-state index contributed by atoms with van der Waals surface area (Å²) in [5.74, 6) is -0.242. The Morgan fingerprint density at radius 3 is 2.69 bits per heavy atom. The van der Waals surface area contributed by atoms with E-state index in [0.29, 0.717) is 21.6 Å². The highest BCUT2D eigenvalue weighted by molar-refractivity contribution is 8.18. The van der Waals surface area contributed by atoms with Crippen molar-refractivity contribution in [1.29, 1.82) is 0 Å². The van der Waals surface area contributed by atoms with Gasteiger partial charge in [-0.2, -0.15) is 0 Å². The van der Waals surface area contributed by atoms with Crippen LogP contribution >= 0.6 is 11.8 Å². The van der Waals surface area contributed by atoms with E-state index in [0.717, 1.165) is 41.9 Å². The number of rotatable bonds is 4. The molecule has 4 nitrogen and oxygen atoms in total. The fourth-order valence-electron chi connectivity index (χ4n) is 4.64. The van der Waals surface area contributed by atoms with Gasteiger partial charge in [0.15, 0.2) is 5.17 Å². The highest BCUT2D eigenvalue weighted by Crippen LogP contribution is 2.44. The Kier molecular flexibility index (Phi) is 6.17. The fraction of sp³-hybridized carbons (Fsp3) is 0.385. The predicted molar refractivity (Wildman–Crippen MR) is 133 cm³/mol. The minimum atomic E-state index is -0.306. The van der Waals surface area contributed by atoms with Crippen molar-refractivity contribution in [3.05, 3.63) is 63.8 Å². The lowest BCUT2D eigenvalue weighted by Gasteiger charge is -2.47. The number of amides is 1. The molecule has 1 N–H and O–H groups in total. The summed E-state index contributed by atoms with van der Waals surface area (Å²) >= 11 is 1.24. The van der Waals surface area contributed by atoms with Crippen LogP contribution in [0, 0.1) is 12.7 Å². The number of amidine groups is 1. The lowest BCUT2D eigenvalue weighted by molar-refractivity contribution is -0.115. The molecule has 0 spiro atoms. The molecule has 2 aromatic rings. The third kappa shape index (κ3) is 4.46. The van der Waals surface area contributed by atoms with Crippen LogP contribution in [0.4, 0.5) is 15.8 Å². The minimum Gasteiger partial charge on any atom is -0.366 e. The van der Waals surface area contributed by atoms with E-state index in [9.17, 15) is 4.79 Å². The second-order valence-electron chi connectivity index (χ2n) is 9.32. The molecule has 1 unspecified atom stereocenters. The number of hydrogen-bond donors (Lipinski definition) is 1. The summed E-state index contributed by atoms with van der Waals surface area (Å²) in [6.45, 7) is 11.7. The number of fused-ring (bicyclic) bond motifs is 1. The van der Waals surface area contributed by atoms with Crippen LogP contribution in [-0.4, -0.2) is 23.2 Å². The number of aryl methyl sites for hydroxylation is 1. The number of hydrogen-bond acceptors (Lipinski definition) is 4. The van der Waals surface area contributed by atoms with E-state index in [2.05, 4.69) is 42.9 Å². The largest absolute Gasteiger partial charge is 0.366 e. The average molecular weight is 452 g/mol. The smallest absolute Gasteiger partial charge is 0.264 e. The van der Waals surface area contributed by atoms with Crippen LogP contribution < -0.4 is 10.2 Å². The van der Waals surface area contributed by atoms with Crippen molar-refractivity contribution in [3.8, 4) is 0 Å². The summed E-state index contributed by atoms with van der Waals surface area (Å²) in [5, 5.41) is 3.29. The molecule has 2 aliphatic heterocycles. The standard InChI is InChI=1S/C26H30FN3OS/c1-6-11-30-22-14-21(27)18(12-20(22)17(3)15-26(30,4)5)13-23-24(31)29-25(32-23)28-19-9-7-16(2)8-10-19/h7-10,12-14,17H,6,11,15H2,1-5H3,(H,28,29,31)/b23-13+. The number of carbonyl (C=O) groups is 1. The second kappa shape index (κ2) is 8.74. The van der Waals surface area contributed by atoms with E-state index in [4.69, 9.17) is 0 Å². The van der Waals surface area contributed by atoms with Crippen LogP contribution in [0.25, 0.3) is 6.08 Å². The maximum absolute atomic E-state index is 15.2. The maximum atomic E-state index is 15.2. The summed E-state index contributed by atoms with van der Waals surface area (Å²) in [6, 6.07) is 11.3. The van der Waals surface area contributed by atoms with E-state index in [1.165, 1.54) is 11.8 Å². The Balaban J connectivity index is 1.65. The fourth-order valence-corrected chi connectivity index (χ4v) is 5.47. The molecule has 1 saturated heterocycles. The van der Waals surface area contributed by atoms with Crippen LogP contribution in [0.15, 0.2) is 46.3 Å². The molecule has 1 amide bonds. The quantitative estimate of drug-likeness (QED) is 0.538. The molecule has 32 heavy (non-hydrogen) atoms. The van der Waals surface area contributed by atoms with Gasteiger partial charge in [0.2, 0.25) is 0 Å². The van der Waals surface area contributed by atoms with Crippen LogP contribution in [0.2, 0.25) is 0 Å². The number of nitrogens with zero attached hydrogens (tertiary/aromatic N) is 2. The van der Waals surface area contributed by atoms with E-state index in [-0.39, 0.29) is 17.3 Å². The number of nitrogens with one attached hydrogen (secondary N) is 1. The first kappa shape index (κ1) is 22.6. The van der Waals surface area contributed by atoms with Crippen molar-refractivity contribution >= 4 is 40.3 Å². The zero-order valence-corrected chi connectivity index (χ0v) is 20.1. The number of thioether (sulfide) groups is 1. The van der Waals surface area contributed by atoms with Crippen LogP contribution in [0.1, 0.15) is 63.1 Å². The number of aliphatic imine (C=N–C) groups is 1. The summed E-state index contributed by atoms with van der Waals surface area (Å²) in [4.78, 5) is 19.8. The van der Waals surface area contributed by atoms with Crippen LogP contribution in [0.3, 0.4) is 0 Å². The summed E-state index contributed by atoms with van der Waals surface area (Å²) in [7, 11) is 0. The van der Waals surface area contributed by atoms with E-state index in [1.807, 2.05) is 37.3 Å². The van der Waals surface area contributed by atoms with E-state index < -0.39 is 0 Å². The monoisotopic (exact) mass is 451 g/mol. The molecule has 0 aromatic heterocycles. The SMILES string of the molecule is CCCN1c2cc(F)c(/C=C3/SC(=Nc4ccc(C)cc4)NC3=O)cc2C(C)CC1(C)C. The number of anilines is 1. The number of halogens is 1. The molecule has 1 fully saturated rings. The first-order valence-electron chi connectivity index (χ1n) is 11.2. The van der Waals surface area contributed by atoms with Gasteiger partial charge in [-0.25, -0.2) is 9.38 Å². The van der Waals surface area contributed by atoms with Gasteiger partial charge in [0, 0.05) is 23.3 Å². The summed E-state index contributed by atoms with van der Waals surface area (Å²) in [6.07, 6.45) is 3.65. The van der Waals surface area contributed by atoms with E-state index >= 15 is 4.39 Å². The molecule has 2 heterocycles. The van der Waals surface area contributed by atoms with Crippen molar-refractivity contribution in [1.82, 2.24) is 5.32 Å². The van der Waals surface area contributed by atoms with Crippen molar-refractivity contribution in [2.24, 2.45) is 4.99 Å². The highest BCUT2D eigenvalue weighted by atomic mass is 32.2. The highest BCUT2D eigenvalue weighted by Gasteiger charge is 2.36. The Bertz CT molecular complexity index is 1100. The molecule has 6 heteroatoms. The van der Waals surface area contributed by atoms with Gasteiger partial charge in [-0.15, -0.1) is 0 Å². The van der Waals surface area contributed by atoms with Crippen LogP contribution in [0.5, 0.6) is 0 Å². The third-order valence-corrected chi connectivity index (χ3v) is 7.06. The van der Waals surface area contributed by atoms with Crippen molar-refractivity contribution < 1.29 is 9.18 Å². The zero-order valence-electron chi connectivity index (χ0n) is 19.3. The first-order valence-corrected chi connectivity index (χ1v) is 12.0. The van der Waals surface area contributed by atoms with E-state index in [1.54, 1.807) is 12.1 Å². The number of benzene rings is 2. The molecule has 0 bridgehead atoms. The molecular weight excluding hydrogens is 421 g/mol. The summed E-state index contributed by atoms with van der Waals surface area (Å²) < 4.78 is 15.2. The zero-order chi connectivity index (χ0) is 23.0. The number of carbonyl (C=O) groups excluding carboxylic acids is 1. The molecular formula is C26H30FN3OS. The van der Waals surface area contributed by atoms with Gasteiger partial charge in [0.25, 0.3) is 5.91 Å². The lowest BCUT2D eigenvalue weighted by atomic mass is 9.79. The Morgan fingerprint density at radius 1 is 1.28 bits per heavy atom. The minimum absolute atomic E-state index is 0.0165. The van der Waals surface area contributed by atoms with Gasteiger partial charge < -0.3 is 10.2 Å². The molecule has 0 radical (unpaired) electrons. The lowest BCUT2D eigenvalue weighted by Crippen LogP contribution is -2.48. The summed E-state index contributed by atoms with van der Waals surface area (Å²) in [5.41, 5.74) is 4.46.